The van der Waals surface area contributed by atoms with E-state index in [0.717, 1.165) is 17.1 Å². The average molecular weight is 354 g/mol. The zero-order valence-electron chi connectivity index (χ0n) is 13.8. The van der Waals surface area contributed by atoms with Crippen molar-refractivity contribution in [3.63, 3.8) is 0 Å². The van der Waals surface area contributed by atoms with Crippen molar-refractivity contribution < 1.29 is 4.79 Å². The Labute approximate surface area is 146 Å². The number of nitrogens with one attached hydrogen (secondary N) is 1. The van der Waals surface area contributed by atoms with Gasteiger partial charge in [-0.25, -0.2) is 4.68 Å². The van der Waals surface area contributed by atoms with Crippen LogP contribution in [0.15, 0.2) is 18.2 Å². The van der Waals surface area contributed by atoms with Crippen LogP contribution in [0.5, 0.6) is 0 Å². The molecule has 1 amide bonds. The predicted octanol–water partition coefficient (Wildman–Crippen LogP) is 4.44. The van der Waals surface area contributed by atoms with Gasteiger partial charge < -0.3 is 5.32 Å². The Morgan fingerprint density at radius 3 is 2.43 bits per heavy atom. The number of benzene rings is 1. The Kier molecular flexibility index (Phi) is 5.71. The normalized spacial score (nSPS) is 11.1. The highest BCUT2D eigenvalue weighted by molar-refractivity contribution is 6.42. The zero-order valence-corrected chi connectivity index (χ0v) is 15.3. The summed E-state index contributed by atoms with van der Waals surface area (Å²) in [6.45, 7) is 7.89. The molecule has 124 valence electrons. The molecule has 1 aromatic carbocycles. The van der Waals surface area contributed by atoms with Crippen LogP contribution in [0.4, 0.5) is 0 Å². The molecule has 4 nitrogen and oxygen atoms in total. The van der Waals surface area contributed by atoms with Gasteiger partial charge in [0.1, 0.15) is 0 Å². The van der Waals surface area contributed by atoms with E-state index in [-0.39, 0.29) is 11.9 Å². The molecule has 0 aliphatic heterocycles. The van der Waals surface area contributed by atoms with Crippen LogP contribution in [0.1, 0.15) is 49.4 Å². The summed E-state index contributed by atoms with van der Waals surface area (Å²) >= 11 is 12.1. The molecule has 0 saturated carbocycles. The third-order valence-electron chi connectivity index (χ3n) is 3.52. The number of halogens is 2. The van der Waals surface area contributed by atoms with Crippen LogP contribution in [0.2, 0.25) is 10.0 Å². The van der Waals surface area contributed by atoms with E-state index in [1.54, 1.807) is 16.8 Å². The third kappa shape index (κ3) is 3.70. The minimum Gasteiger partial charge on any atom is -0.350 e. The van der Waals surface area contributed by atoms with Crippen molar-refractivity contribution in [3.8, 4) is 5.69 Å². The third-order valence-corrected chi connectivity index (χ3v) is 4.26. The lowest BCUT2D eigenvalue weighted by Gasteiger charge is -2.11. The summed E-state index contributed by atoms with van der Waals surface area (Å²) in [4.78, 5) is 12.6. The van der Waals surface area contributed by atoms with Gasteiger partial charge in [-0.3, -0.25) is 4.79 Å². The zero-order chi connectivity index (χ0) is 17.1. The van der Waals surface area contributed by atoms with E-state index >= 15 is 0 Å². The molecule has 1 heterocycles. The molecule has 0 bridgehead atoms. The lowest BCUT2D eigenvalue weighted by atomic mass is 10.1. The maximum absolute atomic E-state index is 12.6. The number of carbonyl (C=O) groups excluding carboxylic acids is 1. The highest BCUT2D eigenvalue weighted by atomic mass is 35.5. The van der Waals surface area contributed by atoms with E-state index < -0.39 is 0 Å². The summed E-state index contributed by atoms with van der Waals surface area (Å²) in [5, 5.41) is 8.54. The molecule has 2 rings (SSSR count). The van der Waals surface area contributed by atoms with Gasteiger partial charge in [0.15, 0.2) is 0 Å². The molecule has 0 aliphatic carbocycles. The van der Waals surface area contributed by atoms with Crippen LogP contribution in [-0.2, 0) is 12.8 Å². The van der Waals surface area contributed by atoms with Crippen molar-refractivity contribution in [1.82, 2.24) is 15.1 Å². The number of aryl methyl sites for hydroxylation is 1. The quantitative estimate of drug-likeness (QED) is 0.863. The van der Waals surface area contributed by atoms with Crippen LogP contribution >= 0.6 is 23.2 Å². The number of rotatable bonds is 5. The second-order valence-corrected chi connectivity index (χ2v) is 6.43. The van der Waals surface area contributed by atoms with Crippen molar-refractivity contribution in [2.75, 3.05) is 0 Å². The van der Waals surface area contributed by atoms with Gasteiger partial charge in [0.2, 0.25) is 0 Å². The molecule has 0 fully saturated rings. The van der Waals surface area contributed by atoms with Crippen LogP contribution in [-0.4, -0.2) is 21.7 Å². The SMILES string of the molecule is CCc1nn(-c2ccc(Cl)c(Cl)c2)c(CC)c1C(=O)NC(C)C. The molecule has 0 unspecified atom stereocenters. The Bertz CT molecular complexity index is 723. The number of hydrogen-bond donors (Lipinski definition) is 1. The molecule has 23 heavy (non-hydrogen) atoms. The second kappa shape index (κ2) is 7.37. The minimum absolute atomic E-state index is 0.0743. The van der Waals surface area contributed by atoms with E-state index in [1.165, 1.54) is 0 Å². The van der Waals surface area contributed by atoms with Crippen molar-refractivity contribution in [2.24, 2.45) is 0 Å². The van der Waals surface area contributed by atoms with E-state index in [2.05, 4.69) is 10.4 Å². The molecule has 0 saturated heterocycles. The molecule has 1 aromatic heterocycles. The molecule has 0 radical (unpaired) electrons. The maximum Gasteiger partial charge on any atom is 0.255 e. The molecule has 2 aromatic rings. The van der Waals surface area contributed by atoms with Crippen molar-refractivity contribution in [2.45, 2.75) is 46.6 Å². The highest BCUT2D eigenvalue weighted by Gasteiger charge is 2.23. The van der Waals surface area contributed by atoms with Gasteiger partial charge in [-0.2, -0.15) is 5.10 Å². The van der Waals surface area contributed by atoms with Gasteiger partial charge in [0, 0.05) is 6.04 Å². The fraction of sp³-hybridized carbons (Fsp3) is 0.412. The van der Waals surface area contributed by atoms with Crippen LogP contribution < -0.4 is 5.32 Å². The first kappa shape index (κ1) is 17.8. The van der Waals surface area contributed by atoms with Crippen molar-refractivity contribution >= 4 is 29.1 Å². The average Bonchev–Trinajstić information content (AvgIpc) is 2.88. The van der Waals surface area contributed by atoms with E-state index in [1.807, 2.05) is 33.8 Å². The number of amides is 1. The Hall–Kier alpha value is -1.52. The van der Waals surface area contributed by atoms with Crippen molar-refractivity contribution in [1.29, 1.82) is 0 Å². The summed E-state index contributed by atoms with van der Waals surface area (Å²) in [6.07, 6.45) is 1.37. The number of hydrogen-bond acceptors (Lipinski definition) is 2. The lowest BCUT2D eigenvalue weighted by molar-refractivity contribution is 0.0941. The molecule has 0 aliphatic rings. The monoisotopic (exact) mass is 353 g/mol. The summed E-state index contributed by atoms with van der Waals surface area (Å²) in [5.74, 6) is -0.0833. The Morgan fingerprint density at radius 2 is 1.91 bits per heavy atom. The predicted molar refractivity (Wildman–Crippen MR) is 94.9 cm³/mol. The molecule has 0 atom stereocenters. The number of nitrogens with zero attached hydrogens (tertiary/aromatic N) is 2. The largest absolute Gasteiger partial charge is 0.350 e. The second-order valence-electron chi connectivity index (χ2n) is 5.61. The van der Waals surface area contributed by atoms with Crippen LogP contribution in [0.3, 0.4) is 0 Å². The van der Waals surface area contributed by atoms with Crippen molar-refractivity contribution in [3.05, 3.63) is 45.2 Å². The first-order valence-corrected chi connectivity index (χ1v) is 8.51. The van der Waals surface area contributed by atoms with Gasteiger partial charge >= 0.3 is 0 Å². The molecule has 1 N–H and O–H groups in total. The topological polar surface area (TPSA) is 46.9 Å². The molecular weight excluding hydrogens is 333 g/mol. The fourth-order valence-corrected chi connectivity index (χ4v) is 2.80. The summed E-state index contributed by atoms with van der Waals surface area (Å²) in [5.41, 5.74) is 3.12. The standard InChI is InChI=1S/C17H21Cl2N3O/c1-5-14-16(17(23)20-10(3)4)15(6-2)22(21-14)11-7-8-12(18)13(19)9-11/h7-10H,5-6H2,1-4H3,(H,20,23). The summed E-state index contributed by atoms with van der Waals surface area (Å²) < 4.78 is 1.79. The number of aromatic nitrogens is 2. The van der Waals surface area contributed by atoms with Gasteiger partial charge in [0.05, 0.1) is 32.7 Å². The number of carbonyl (C=O) groups is 1. The molecular formula is C17H21Cl2N3O. The lowest BCUT2D eigenvalue weighted by Crippen LogP contribution is -2.31. The highest BCUT2D eigenvalue weighted by Crippen LogP contribution is 2.27. The van der Waals surface area contributed by atoms with Gasteiger partial charge in [-0.1, -0.05) is 37.0 Å². The van der Waals surface area contributed by atoms with E-state index in [4.69, 9.17) is 23.2 Å². The minimum atomic E-state index is -0.0833. The first-order valence-electron chi connectivity index (χ1n) is 7.76. The summed E-state index contributed by atoms with van der Waals surface area (Å²) in [6, 6.07) is 5.42. The van der Waals surface area contributed by atoms with E-state index in [0.29, 0.717) is 28.5 Å². The van der Waals surface area contributed by atoms with Gasteiger partial charge in [-0.15, -0.1) is 0 Å². The summed E-state index contributed by atoms with van der Waals surface area (Å²) in [7, 11) is 0. The maximum atomic E-state index is 12.6. The smallest absolute Gasteiger partial charge is 0.255 e. The van der Waals surface area contributed by atoms with E-state index in [9.17, 15) is 4.79 Å². The van der Waals surface area contributed by atoms with Crippen LogP contribution in [0, 0.1) is 0 Å². The Morgan fingerprint density at radius 1 is 1.22 bits per heavy atom. The molecule has 6 heteroatoms. The first-order chi connectivity index (χ1) is 10.9. The van der Waals surface area contributed by atoms with Gasteiger partial charge in [-0.05, 0) is 44.9 Å². The fourth-order valence-electron chi connectivity index (χ4n) is 2.50. The van der Waals surface area contributed by atoms with Crippen LogP contribution in [0.25, 0.3) is 5.69 Å². The molecule has 0 spiro atoms. The Balaban J connectivity index is 2.59. The van der Waals surface area contributed by atoms with Gasteiger partial charge in [0.25, 0.3) is 5.91 Å².